The Labute approximate surface area is 112 Å². The predicted molar refractivity (Wildman–Crippen MR) is 75.3 cm³/mol. The molecule has 0 aliphatic heterocycles. The average Bonchev–Trinajstić information content (AvgIpc) is 3.03. The van der Waals surface area contributed by atoms with E-state index in [-0.39, 0.29) is 0 Å². The molecule has 0 bridgehead atoms. The summed E-state index contributed by atoms with van der Waals surface area (Å²) in [5.74, 6) is 0.621. The van der Waals surface area contributed by atoms with Crippen molar-refractivity contribution in [2.24, 2.45) is 0 Å². The lowest BCUT2D eigenvalue weighted by molar-refractivity contribution is 0.137. The number of fused-ring (bicyclic) bond motifs is 1. The minimum absolute atomic E-state index is 0.621. The van der Waals surface area contributed by atoms with Gasteiger partial charge in [0.1, 0.15) is 0 Å². The zero-order chi connectivity index (χ0) is 14.1. The highest BCUT2D eigenvalue weighted by Crippen LogP contribution is 2.28. The van der Waals surface area contributed by atoms with Gasteiger partial charge in [-0.3, -0.25) is 0 Å². The van der Waals surface area contributed by atoms with Gasteiger partial charge < -0.3 is 15.2 Å². The van der Waals surface area contributed by atoms with Crippen molar-refractivity contribution in [3.8, 4) is 0 Å². The maximum absolute atomic E-state index is 8.56. The minimum Gasteiger partial charge on any atom is -0.450 e. The van der Waals surface area contributed by atoms with Gasteiger partial charge in [0.05, 0.1) is 0 Å². The molecule has 1 aromatic heterocycles. The molecule has 0 saturated heterocycles. The number of nitrogens with one attached hydrogen (secondary N) is 1. The molecule has 4 nitrogen and oxygen atoms in total. The van der Waals surface area contributed by atoms with Gasteiger partial charge in [0.25, 0.3) is 0 Å². The molecule has 1 aliphatic rings. The maximum Gasteiger partial charge on any atom is 0.503 e. The number of hydrogen-bond donors (Lipinski definition) is 3. The Morgan fingerprint density at radius 1 is 1.11 bits per heavy atom. The molecule has 2 aromatic rings. The number of H-pyrrole nitrogens is 1. The van der Waals surface area contributed by atoms with Crippen molar-refractivity contribution in [2.45, 2.75) is 12.8 Å². The van der Waals surface area contributed by atoms with E-state index in [4.69, 9.17) is 15.0 Å². The normalized spacial score (nSPS) is 14.5. The van der Waals surface area contributed by atoms with Crippen molar-refractivity contribution in [1.82, 2.24) is 4.98 Å². The highest BCUT2D eigenvalue weighted by atomic mass is 16.6. The van der Waals surface area contributed by atoms with Crippen molar-refractivity contribution >= 4 is 12.2 Å². The summed E-state index contributed by atoms with van der Waals surface area (Å²) in [6.45, 7) is 2.22. The number of carbonyl (C=O) groups is 1. The largest absolute Gasteiger partial charge is 0.503 e. The minimum atomic E-state index is -1.83. The summed E-state index contributed by atoms with van der Waals surface area (Å²) in [6, 6.07) is 12.4. The van der Waals surface area contributed by atoms with E-state index in [1.807, 2.05) is 24.5 Å². The zero-order valence-corrected chi connectivity index (χ0v) is 10.7. The summed E-state index contributed by atoms with van der Waals surface area (Å²) in [4.78, 5) is 11.4. The maximum atomic E-state index is 8.56. The lowest BCUT2D eigenvalue weighted by Gasteiger charge is -2.01. The third-order valence-electron chi connectivity index (χ3n) is 2.55. The third kappa shape index (κ3) is 5.59. The van der Waals surface area contributed by atoms with Crippen molar-refractivity contribution in [3.05, 3.63) is 66.0 Å². The smallest absolute Gasteiger partial charge is 0.450 e. The van der Waals surface area contributed by atoms with E-state index in [2.05, 4.69) is 48.3 Å². The van der Waals surface area contributed by atoms with Gasteiger partial charge in [-0.05, 0) is 29.2 Å². The lowest BCUT2D eigenvalue weighted by Crippen LogP contribution is -1.84. The number of hydrogen-bond acceptors (Lipinski definition) is 1. The van der Waals surface area contributed by atoms with Gasteiger partial charge in [-0.15, -0.1) is 0 Å². The quantitative estimate of drug-likeness (QED) is 0.668. The van der Waals surface area contributed by atoms with Gasteiger partial charge in [0.2, 0.25) is 0 Å². The molecule has 1 unspecified atom stereocenters. The fraction of sp³-hybridized carbons (Fsp3) is 0.133. The number of allylic oxidation sites excluding steroid dienone is 1. The standard InChI is InChI=1S/C10H10.C4H5N.CH2O3/c1-8-6-7-9-4-2-3-5-10(8)9;1-2-4-5-3-1;2-1(3)4/h2-8H,1H3;1-5H;(H2,2,3,4). The lowest BCUT2D eigenvalue weighted by atomic mass is 10.0. The van der Waals surface area contributed by atoms with Crippen LogP contribution in [0.2, 0.25) is 0 Å². The van der Waals surface area contributed by atoms with Crippen LogP contribution in [0.25, 0.3) is 6.08 Å². The predicted octanol–water partition coefficient (Wildman–Crippen LogP) is 4.05. The molecule has 1 aromatic carbocycles. The van der Waals surface area contributed by atoms with Crippen LogP contribution in [0.3, 0.4) is 0 Å². The first kappa shape index (κ1) is 14.6. The van der Waals surface area contributed by atoms with Gasteiger partial charge in [0, 0.05) is 12.4 Å². The summed E-state index contributed by atoms with van der Waals surface area (Å²) < 4.78 is 0. The van der Waals surface area contributed by atoms with E-state index in [1.165, 1.54) is 11.1 Å². The van der Waals surface area contributed by atoms with E-state index in [1.54, 1.807) is 0 Å². The fourth-order valence-electron chi connectivity index (χ4n) is 1.71. The first-order chi connectivity index (χ1) is 9.11. The van der Waals surface area contributed by atoms with E-state index in [0.717, 1.165) is 0 Å². The zero-order valence-electron chi connectivity index (χ0n) is 10.7. The molecule has 3 rings (SSSR count). The monoisotopic (exact) mass is 259 g/mol. The highest BCUT2D eigenvalue weighted by molar-refractivity contribution is 5.61. The summed E-state index contributed by atoms with van der Waals surface area (Å²) >= 11 is 0. The van der Waals surface area contributed by atoms with Gasteiger partial charge in [0.15, 0.2) is 0 Å². The second-order valence-corrected chi connectivity index (χ2v) is 3.94. The van der Waals surface area contributed by atoms with Crippen LogP contribution in [0, 0.1) is 0 Å². The van der Waals surface area contributed by atoms with E-state index < -0.39 is 6.16 Å². The van der Waals surface area contributed by atoms with Crippen molar-refractivity contribution < 1.29 is 15.0 Å². The van der Waals surface area contributed by atoms with E-state index in [9.17, 15) is 0 Å². The Balaban J connectivity index is 0.000000169. The molecule has 19 heavy (non-hydrogen) atoms. The van der Waals surface area contributed by atoms with Gasteiger partial charge >= 0.3 is 6.16 Å². The number of benzene rings is 1. The average molecular weight is 259 g/mol. The molecule has 0 amide bonds. The Morgan fingerprint density at radius 3 is 2.16 bits per heavy atom. The van der Waals surface area contributed by atoms with Crippen LogP contribution in [0.15, 0.2) is 54.9 Å². The molecule has 1 aliphatic carbocycles. The highest BCUT2D eigenvalue weighted by Gasteiger charge is 2.09. The van der Waals surface area contributed by atoms with Crippen LogP contribution in [-0.4, -0.2) is 21.4 Å². The second kappa shape index (κ2) is 7.76. The SMILES string of the molecule is CC1C=Cc2ccccc21.O=C(O)O.c1cc[nH]c1. The Morgan fingerprint density at radius 2 is 1.68 bits per heavy atom. The van der Waals surface area contributed by atoms with E-state index in [0.29, 0.717) is 5.92 Å². The van der Waals surface area contributed by atoms with Gasteiger partial charge in [-0.1, -0.05) is 43.3 Å². The van der Waals surface area contributed by atoms with Crippen LogP contribution in [0.5, 0.6) is 0 Å². The molecule has 0 spiro atoms. The van der Waals surface area contributed by atoms with Crippen LogP contribution >= 0.6 is 0 Å². The molecule has 3 N–H and O–H groups in total. The van der Waals surface area contributed by atoms with Crippen molar-refractivity contribution in [3.63, 3.8) is 0 Å². The number of aromatic amines is 1. The number of rotatable bonds is 0. The molecule has 0 saturated carbocycles. The molecule has 1 heterocycles. The molecule has 4 heteroatoms. The van der Waals surface area contributed by atoms with Crippen LogP contribution in [0.4, 0.5) is 4.79 Å². The Hall–Kier alpha value is -2.49. The molecule has 1 atom stereocenters. The first-order valence-corrected chi connectivity index (χ1v) is 5.88. The number of carboxylic acid groups (broad SMARTS) is 2. The van der Waals surface area contributed by atoms with E-state index >= 15 is 0 Å². The summed E-state index contributed by atoms with van der Waals surface area (Å²) in [7, 11) is 0. The van der Waals surface area contributed by atoms with Crippen molar-refractivity contribution in [1.29, 1.82) is 0 Å². The van der Waals surface area contributed by atoms with Crippen LogP contribution in [0.1, 0.15) is 24.0 Å². The summed E-state index contributed by atoms with van der Waals surface area (Å²) in [5, 5.41) is 13.9. The molecular weight excluding hydrogens is 242 g/mol. The molecule has 0 fully saturated rings. The molecule has 100 valence electrons. The molecular formula is C15H17NO3. The first-order valence-electron chi connectivity index (χ1n) is 5.88. The summed E-state index contributed by atoms with van der Waals surface area (Å²) in [5.41, 5.74) is 2.84. The van der Waals surface area contributed by atoms with Crippen LogP contribution in [-0.2, 0) is 0 Å². The Kier molecular flexibility index (Phi) is 5.95. The third-order valence-corrected chi connectivity index (χ3v) is 2.55. The topological polar surface area (TPSA) is 73.3 Å². The Bertz CT molecular complexity index is 497. The van der Waals surface area contributed by atoms with Gasteiger partial charge in [-0.2, -0.15) is 0 Å². The van der Waals surface area contributed by atoms with Crippen molar-refractivity contribution in [2.75, 3.05) is 0 Å². The van der Waals surface area contributed by atoms with Crippen LogP contribution < -0.4 is 0 Å². The van der Waals surface area contributed by atoms with Gasteiger partial charge in [-0.25, -0.2) is 4.79 Å². The fourth-order valence-corrected chi connectivity index (χ4v) is 1.71. The number of aromatic nitrogens is 1. The molecule has 0 radical (unpaired) electrons. The summed E-state index contributed by atoms with van der Waals surface area (Å²) in [6.07, 6.45) is 6.35. The second-order valence-electron chi connectivity index (χ2n) is 3.94.